The first-order valence-corrected chi connectivity index (χ1v) is 19.3. The van der Waals surface area contributed by atoms with Gasteiger partial charge >= 0.3 is 0 Å². The van der Waals surface area contributed by atoms with E-state index < -0.39 is 53.5 Å². The number of benzene rings is 2. The molecule has 0 spiro atoms. The molecule has 0 heterocycles. The quantitative estimate of drug-likeness (QED) is 0.0660. The number of nitrogens with two attached hydrogens (primary N) is 2. The number of carbonyl (C=O) groups excluding carboxylic acids is 6. The lowest BCUT2D eigenvalue weighted by Crippen LogP contribution is -2.51. The van der Waals surface area contributed by atoms with Gasteiger partial charge in [-0.1, -0.05) is 82.6 Å². The first-order chi connectivity index (χ1) is 25.3. The van der Waals surface area contributed by atoms with Crippen LogP contribution in [0.1, 0.15) is 115 Å². The van der Waals surface area contributed by atoms with E-state index in [0.29, 0.717) is 37.8 Å². The van der Waals surface area contributed by atoms with Gasteiger partial charge in [-0.15, -0.1) is 0 Å². The summed E-state index contributed by atoms with van der Waals surface area (Å²) in [6, 6.07) is 13.4. The van der Waals surface area contributed by atoms with E-state index in [2.05, 4.69) is 41.8 Å². The third-order valence-corrected chi connectivity index (χ3v) is 9.77. The van der Waals surface area contributed by atoms with E-state index in [-0.39, 0.29) is 49.6 Å². The smallest absolute Gasteiger partial charge is 0.224 e. The van der Waals surface area contributed by atoms with Gasteiger partial charge in [0.2, 0.25) is 11.8 Å². The summed E-state index contributed by atoms with van der Waals surface area (Å²) < 4.78 is 0. The van der Waals surface area contributed by atoms with Crippen molar-refractivity contribution in [3.8, 4) is 11.1 Å². The SMILES string of the molecule is CCCCc1ccc(-c2ccc(C(=O)C[C@@H](CCN)C(=O)N[C@H](C(=O)C[C@@H](C)C(=O)N[C@@H](CCCCN)C(=O)C[C@@H](C)C(=O)CC)[C@@H](C)O)cc2)cc1. The number of nitrogens with one attached hydrogen (secondary N) is 2. The van der Waals surface area contributed by atoms with Crippen LogP contribution < -0.4 is 22.1 Å². The van der Waals surface area contributed by atoms with Crippen molar-refractivity contribution in [3.63, 3.8) is 0 Å². The fourth-order valence-electron chi connectivity index (χ4n) is 6.25. The van der Waals surface area contributed by atoms with Crippen LogP contribution in [0.4, 0.5) is 0 Å². The molecule has 0 aliphatic carbocycles. The van der Waals surface area contributed by atoms with Crippen LogP contribution in [0.25, 0.3) is 11.1 Å². The number of hydrogen-bond acceptors (Lipinski definition) is 9. The van der Waals surface area contributed by atoms with Crippen molar-refractivity contribution < 1.29 is 33.9 Å². The Hall–Kier alpha value is -4.06. The molecule has 0 aliphatic heterocycles. The van der Waals surface area contributed by atoms with Crippen LogP contribution >= 0.6 is 0 Å². The van der Waals surface area contributed by atoms with E-state index in [1.165, 1.54) is 19.4 Å². The Morgan fingerprint density at radius 3 is 1.81 bits per heavy atom. The molecule has 0 unspecified atom stereocenters. The highest BCUT2D eigenvalue weighted by molar-refractivity contribution is 6.00. The first-order valence-electron chi connectivity index (χ1n) is 19.3. The molecule has 11 nitrogen and oxygen atoms in total. The van der Waals surface area contributed by atoms with Gasteiger partial charge in [-0.3, -0.25) is 28.8 Å². The van der Waals surface area contributed by atoms with Crippen LogP contribution in [0.15, 0.2) is 48.5 Å². The van der Waals surface area contributed by atoms with Crippen molar-refractivity contribution in [3.05, 3.63) is 59.7 Å². The van der Waals surface area contributed by atoms with Gasteiger partial charge in [0.05, 0.1) is 12.1 Å². The normalized spacial score (nSPS) is 14.6. The topological polar surface area (TPSA) is 199 Å². The Bertz CT molecular complexity index is 1490. The average molecular weight is 735 g/mol. The zero-order valence-corrected chi connectivity index (χ0v) is 32.3. The number of ketones is 4. The highest BCUT2D eigenvalue weighted by Gasteiger charge is 2.33. The maximum Gasteiger partial charge on any atom is 0.224 e. The van der Waals surface area contributed by atoms with Crippen LogP contribution in [-0.2, 0) is 30.4 Å². The first kappa shape index (κ1) is 45.1. The molecule has 0 radical (unpaired) electrons. The summed E-state index contributed by atoms with van der Waals surface area (Å²) in [6.07, 6.45) is 3.66. The van der Waals surface area contributed by atoms with Gasteiger partial charge in [0.15, 0.2) is 17.3 Å². The second-order valence-electron chi connectivity index (χ2n) is 14.3. The lowest BCUT2D eigenvalue weighted by atomic mass is 9.91. The number of unbranched alkanes of at least 4 members (excludes halogenated alkanes) is 2. The van der Waals surface area contributed by atoms with Gasteiger partial charge < -0.3 is 27.2 Å². The van der Waals surface area contributed by atoms with Crippen molar-refractivity contribution in [2.75, 3.05) is 13.1 Å². The molecule has 0 fully saturated rings. The van der Waals surface area contributed by atoms with Gasteiger partial charge in [-0.25, -0.2) is 0 Å². The van der Waals surface area contributed by atoms with E-state index in [0.717, 1.165) is 30.4 Å². The zero-order chi connectivity index (χ0) is 39.5. The minimum Gasteiger partial charge on any atom is -0.391 e. The largest absolute Gasteiger partial charge is 0.391 e. The van der Waals surface area contributed by atoms with Crippen LogP contribution in [0.3, 0.4) is 0 Å². The van der Waals surface area contributed by atoms with Crippen LogP contribution in [0, 0.1) is 17.8 Å². The standard InChI is InChI=1S/C42H62N4O7/c1-6-8-11-30-13-15-31(16-14-30)32-17-19-33(20-18-32)37(49)26-34(21-23-44)42(53)46-40(29(5)47)39(51)25-28(4)41(52)45-35(12-9-10-22-43)38(50)24-27(3)36(48)7-2/h13-20,27-29,34-35,40,47H,6-12,21-26,43-44H2,1-5H3,(H,45,52)(H,46,53)/t27-,28-,29-,34-,35+,40+/m1/s1. The second kappa shape index (κ2) is 23.6. The predicted octanol–water partition coefficient (Wildman–Crippen LogP) is 4.88. The molecule has 0 saturated heterocycles. The molecule has 0 aliphatic rings. The molecule has 7 N–H and O–H groups in total. The number of carbonyl (C=O) groups is 6. The number of amides is 2. The highest BCUT2D eigenvalue weighted by atomic mass is 16.3. The highest BCUT2D eigenvalue weighted by Crippen LogP contribution is 2.23. The summed E-state index contributed by atoms with van der Waals surface area (Å²) in [5, 5.41) is 15.9. The van der Waals surface area contributed by atoms with Gasteiger partial charge in [0, 0.05) is 49.0 Å². The Balaban J connectivity index is 2.06. The monoisotopic (exact) mass is 734 g/mol. The molecular formula is C42H62N4O7. The molecule has 0 saturated carbocycles. The number of aliphatic hydroxyl groups is 1. The summed E-state index contributed by atoms with van der Waals surface area (Å²) in [5.41, 5.74) is 15.1. The van der Waals surface area contributed by atoms with Crippen molar-refractivity contribution in [1.29, 1.82) is 0 Å². The van der Waals surface area contributed by atoms with Gasteiger partial charge in [0.1, 0.15) is 11.8 Å². The predicted molar refractivity (Wildman–Crippen MR) is 208 cm³/mol. The van der Waals surface area contributed by atoms with Crippen molar-refractivity contribution in [1.82, 2.24) is 10.6 Å². The summed E-state index contributed by atoms with van der Waals surface area (Å²) in [6.45, 7) is 9.04. The number of Topliss-reactive ketones (excluding diaryl/α,β-unsaturated/α-hetero) is 4. The van der Waals surface area contributed by atoms with Crippen LogP contribution in [0.2, 0.25) is 0 Å². The fourth-order valence-corrected chi connectivity index (χ4v) is 6.25. The Morgan fingerprint density at radius 1 is 0.660 bits per heavy atom. The minimum absolute atomic E-state index is 0.00486. The molecular weight excluding hydrogens is 672 g/mol. The number of rotatable bonds is 26. The summed E-state index contributed by atoms with van der Waals surface area (Å²) in [4.78, 5) is 78.5. The lowest BCUT2D eigenvalue weighted by molar-refractivity contribution is -0.135. The molecule has 6 atom stereocenters. The van der Waals surface area contributed by atoms with E-state index in [4.69, 9.17) is 11.5 Å². The summed E-state index contributed by atoms with van der Waals surface area (Å²) in [7, 11) is 0. The molecule has 292 valence electrons. The van der Waals surface area contributed by atoms with E-state index in [1.54, 1.807) is 26.0 Å². The van der Waals surface area contributed by atoms with Crippen LogP contribution in [0.5, 0.6) is 0 Å². The van der Waals surface area contributed by atoms with E-state index in [1.807, 2.05) is 12.1 Å². The third kappa shape index (κ3) is 15.1. The van der Waals surface area contributed by atoms with Crippen molar-refractivity contribution in [2.24, 2.45) is 29.2 Å². The number of hydrogen-bond donors (Lipinski definition) is 5. The third-order valence-electron chi connectivity index (χ3n) is 9.77. The van der Waals surface area contributed by atoms with Gasteiger partial charge in [0.25, 0.3) is 0 Å². The molecule has 0 bridgehead atoms. The van der Waals surface area contributed by atoms with Gasteiger partial charge in [-0.2, -0.15) is 0 Å². The Kier molecular flexibility index (Phi) is 20.1. The van der Waals surface area contributed by atoms with Crippen molar-refractivity contribution >= 4 is 34.9 Å². The number of aliphatic hydroxyl groups excluding tert-OH is 1. The van der Waals surface area contributed by atoms with Crippen LogP contribution in [-0.4, -0.2) is 71.3 Å². The molecule has 2 amide bonds. The van der Waals surface area contributed by atoms with Gasteiger partial charge in [-0.05, 0) is 75.2 Å². The summed E-state index contributed by atoms with van der Waals surface area (Å²) in [5.74, 6) is -4.47. The van der Waals surface area contributed by atoms with Crippen molar-refractivity contribution in [2.45, 2.75) is 123 Å². The molecule has 0 aromatic heterocycles. The number of aryl methyl sites for hydroxylation is 1. The van der Waals surface area contributed by atoms with E-state index >= 15 is 0 Å². The molecule has 2 aromatic rings. The Labute approximate surface area is 315 Å². The lowest BCUT2D eigenvalue weighted by Gasteiger charge is -2.25. The Morgan fingerprint density at radius 2 is 1.26 bits per heavy atom. The maximum absolute atomic E-state index is 13.4. The maximum atomic E-state index is 13.4. The molecule has 53 heavy (non-hydrogen) atoms. The molecule has 11 heteroatoms. The molecule has 2 aromatic carbocycles. The second-order valence-corrected chi connectivity index (χ2v) is 14.3. The summed E-state index contributed by atoms with van der Waals surface area (Å²) >= 11 is 0. The van der Waals surface area contributed by atoms with E-state index in [9.17, 15) is 33.9 Å². The fraction of sp³-hybridized carbons (Fsp3) is 0.571. The minimum atomic E-state index is -1.33. The zero-order valence-electron chi connectivity index (χ0n) is 32.3. The average Bonchev–Trinajstić information content (AvgIpc) is 3.14. The molecule has 2 rings (SSSR count).